The van der Waals surface area contributed by atoms with Crippen molar-refractivity contribution in [3.05, 3.63) is 53.7 Å². The Morgan fingerprint density at radius 1 is 1.30 bits per heavy atom. The largest absolute Gasteiger partial charge is 0.496 e. The summed E-state index contributed by atoms with van der Waals surface area (Å²) in [6.07, 6.45) is 4.50. The summed E-state index contributed by atoms with van der Waals surface area (Å²) in [7, 11) is 1.61. The van der Waals surface area contributed by atoms with Gasteiger partial charge in [-0.05, 0) is 36.6 Å². The number of nitrogens with one attached hydrogen (secondary N) is 2. The van der Waals surface area contributed by atoms with Crippen LogP contribution in [0.25, 0.3) is 0 Å². The number of anilines is 1. The van der Waals surface area contributed by atoms with Crippen molar-refractivity contribution < 1.29 is 9.53 Å². The predicted octanol–water partition coefficient (Wildman–Crippen LogP) is 2.52. The number of carbonyl (C=O) groups excluding carboxylic acids is 1. The molecule has 1 aromatic heterocycles. The monoisotopic (exact) mass is 311 g/mol. The smallest absolute Gasteiger partial charge is 0.224 e. The topological polar surface area (TPSA) is 63.2 Å². The van der Waals surface area contributed by atoms with Gasteiger partial charge in [0.05, 0.1) is 13.5 Å². The Hall–Kier alpha value is -2.56. The van der Waals surface area contributed by atoms with Crippen molar-refractivity contribution in [2.45, 2.75) is 31.8 Å². The molecule has 120 valence electrons. The van der Waals surface area contributed by atoms with Gasteiger partial charge in [-0.2, -0.15) is 0 Å². The number of para-hydroxylation sites is 1. The maximum atomic E-state index is 12.1. The fourth-order valence-corrected chi connectivity index (χ4v) is 2.39. The quantitative estimate of drug-likeness (QED) is 0.825. The molecule has 0 saturated heterocycles. The third-order valence-corrected chi connectivity index (χ3v) is 3.79. The van der Waals surface area contributed by atoms with Crippen molar-refractivity contribution in [1.82, 2.24) is 10.3 Å². The first kappa shape index (κ1) is 15.3. The number of rotatable bonds is 7. The Balaban J connectivity index is 1.54. The second-order valence-electron chi connectivity index (χ2n) is 5.73. The zero-order chi connectivity index (χ0) is 16.1. The van der Waals surface area contributed by atoms with E-state index in [1.807, 2.05) is 36.4 Å². The van der Waals surface area contributed by atoms with Gasteiger partial charge >= 0.3 is 0 Å². The van der Waals surface area contributed by atoms with Crippen LogP contribution in [0.1, 0.15) is 24.0 Å². The highest BCUT2D eigenvalue weighted by Crippen LogP contribution is 2.23. The molecule has 1 aromatic carbocycles. The Morgan fingerprint density at radius 2 is 2.13 bits per heavy atom. The molecule has 0 aliphatic heterocycles. The first-order chi connectivity index (χ1) is 11.2. The van der Waals surface area contributed by atoms with Crippen molar-refractivity contribution in [3.8, 4) is 5.75 Å². The molecule has 3 rings (SSSR count). The maximum Gasteiger partial charge on any atom is 0.224 e. The molecule has 0 radical (unpaired) electrons. The Bertz CT molecular complexity index is 683. The normalized spacial score (nSPS) is 13.4. The third kappa shape index (κ3) is 4.45. The number of benzene rings is 1. The van der Waals surface area contributed by atoms with E-state index in [0.717, 1.165) is 22.7 Å². The van der Waals surface area contributed by atoms with E-state index in [9.17, 15) is 4.79 Å². The molecule has 0 atom stereocenters. The minimum Gasteiger partial charge on any atom is -0.496 e. The number of pyridine rings is 1. The molecule has 23 heavy (non-hydrogen) atoms. The third-order valence-electron chi connectivity index (χ3n) is 3.79. The second-order valence-corrected chi connectivity index (χ2v) is 5.73. The lowest BCUT2D eigenvalue weighted by molar-refractivity contribution is -0.120. The van der Waals surface area contributed by atoms with E-state index < -0.39 is 0 Å². The molecule has 5 heteroatoms. The number of carbonyl (C=O) groups is 1. The molecule has 0 unspecified atom stereocenters. The average Bonchev–Trinajstić information content (AvgIpc) is 3.38. The average molecular weight is 311 g/mol. The van der Waals surface area contributed by atoms with Gasteiger partial charge in [0.2, 0.25) is 5.91 Å². The molecule has 1 saturated carbocycles. The minimum absolute atomic E-state index is 0.0250. The van der Waals surface area contributed by atoms with E-state index in [-0.39, 0.29) is 5.91 Å². The SMILES string of the molecule is COc1ccccc1CC(=O)NCc1ccnc(NC2CC2)c1. The summed E-state index contributed by atoms with van der Waals surface area (Å²) in [5, 5.41) is 6.30. The van der Waals surface area contributed by atoms with E-state index >= 15 is 0 Å². The van der Waals surface area contributed by atoms with Crippen molar-refractivity contribution in [2.24, 2.45) is 0 Å². The van der Waals surface area contributed by atoms with Gasteiger partial charge in [0.1, 0.15) is 11.6 Å². The number of hydrogen-bond donors (Lipinski definition) is 2. The number of amides is 1. The van der Waals surface area contributed by atoms with Gasteiger partial charge in [-0.1, -0.05) is 18.2 Å². The van der Waals surface area contributed by atoms with Gasteiger partial charge in [0, 0.05) is 24.3 Å². The summed E-state index contributed by atoms with van der Waals surface area (Å²) < 4.78 is 5.27. The highest BCUT2D eigenvalue weighted by Gasteiger charge is 2.21. The summed E-state index contributed by atoms with van der Waals surface area (Å²) in [5.41, 5.74) is 1.93. The molecule has 2 N–H and O–H groups in total. The fourth-order valence-electron chi connectivity index (χ4n) is 2.39. The summed E-state index contributed by atoms with van der Waals surface area (Å²) in [6.45, 7) is 0.496. The number of ether oxygens (including phenoxy) is 1. The maximum absolute atomic E-state index is 12.1. The van der Waals surface area contributed by atoms with Gasteiger partial charge in [-0.25, -0.2) is 4.98 Å². The van der Waals surface area contributed by atoms with Crippen LogP contribution in [0.15, 0.2) is 42.6 Å². The van der Waals surface area contributed by atoms with Gasteiger partial charge in [0.25, 0.3) is 0 Å². The number of aromatic nitrogens is 1. The fraction of sp³-hybridized carbons (Fsp3) is 0.333. The molecule has 0 spiro atoms. The number of hydrogen-bond acceptors (Lipinski definition) is 4. The van der Waals surface area contributed by atoms with Crippen molar-refractivity contribution in [2.75, 3.05) is 12.4 Å². The Labute approximate surface area is 136 Å². The van der Waals surface area contributed by atoms with Gasteiger partial charge < -0.3 is 15.4 Å². The van der Waals surface area contributed by atoms with E-state index in [1.165, 1.54) is 12.8 Å². The van der Waals surface area contributed by atoms with Crippen LogP contribution in [0.4, 0.5) is 5.82 Å². The van der Waals surface area contributed by atoms with E-state index in [4.69, 9.17) is 4.74 Å². The lowest BCUT2D eigenvalue weighted by Crippen LogP contribution is -2.24. The number of methoxy groups -OCH3 is 1. The Morgan fingerprint density at radius 3 is 2.91 bits per heavy atom. The van der Waals surface area contributed by atoms with E-state index in [1.54, 1.807) is 13.3 Å². The standard InChI is InChI=1S/C18H21N3O2/c1-23-16-5-3-2-4-14(16)11-18(22)20-12-13-8-9-19-17(10-13)21-15-6-7-15/h2-5,8-10,15H,6-7,11-12H2,1H3,(H,19,21)(H,20,22). The molecule has 1 aliphatic rings. The molecule has 1 aliphatic carbocycles. The minimum atomic E-state index is -0.0250. The van der Waals surface area contributed by atoms with Crippen LogP contribution in [0.2, 0.25) is 0 Å². The zero-order valence-electron chi connectivity index (χ0n) is 13.2. The molecule has 0 bridgehead atoms. The van der Waals surface area contributed by atoms with Crippen LogP contribution in [0, 0.1) is 0 Å². The zero-order valence-corrected chi connectivity index (χ0v) is 13.2. The van der Waals surface area contributed by atoms with Crippen molar-refractivity contribution >= 4 is 11.7 Å². The van der Waals surface area contributed by atoms with Gasteiger partial charge in [0.15, 0.2) is 0 Å². The molecule has 1 heterocycles. The summed E-state index contributed by atoms with van der Waals surface area (Å²) >= 11 is 0. The van der Waals surface area contributed by atoms with Crippen LogP contribution in [0.3, 0.4) is 0 Å². The molecule has 1 fully saturated rings. The summed E-state index contributed by atoms with van der Waals surface area (Å²) in [5.74, 6) is 1.59. The number of nitrogens with zero attached hydrogens (tertiary/aromatic N) is 1. The van der Waals surface area contributed by atoms with Gasteiger partial charge in [-0.15, -0.1) is 0 Å². The molecule has 5 nitrogen and oxygen atoms in total. The first-order valence-electron chi connectivity index (χ1n) is 7.84. The van der Waals surface area contributed by atoms with E-state index in [0.29, 0.717) is 19.0 Å². The first-order valence-corrected chi connectivity index (χ1v) is 7.84. The highest BCUT2D eigenvalue weighted by atomic mass is 16.5. The molecule has 1 amide bonds. The summed E-state index contributed by atoms with van der Waals surface area (Å²) in [6, 6.07) is 12.0. The molecular formula is C18H21N3O2. The Kier molecular flexibility index (Phi) is 4.76. The van der Waals surface area contributed by atoms with Crippen molar-refractivity contribution in [3.63, 3.8) is 0 Å². The lowest BCUT2D eigenvalue weighted by Gasteiger charge is -2.10. The van der Waals surface area contributed by atoms with Crippen LogP contribution < -0.4 is 15.4 Å². The van der Waals surface area contributed by atoms with Gasteiger partial charge in [-0.3, -0.25) is 4.79 Å². The van der Waals surface area contributed by atoms with E-state index in [2.05, 4.69) is 15.6 Å². The van der Waals surface area contributed by atoms with Crippen LogP contribution >= 0.6 is 0 Å². The van der Waals surface area contributed by atoms with Crippen LogP contribution in [-0.4, -0.2) is 24.0 Å². The van der Waals surface area contributed by atoms with Crippen molar-refractivity contribution in [1.29, 1.82) is 0 Å². The summed E-state index contributed by atoms with van der Waals surface area (Å²) in [4.78, 5) is 16.4. The molecule has 2 aromatic rings. The lowest BCUT2D eigenvalue weighted by atomic mass is 10.1. The molecular weight excluding hydrogens is 290 g/mol. The van der Waals surface area contributed by atoms with Crippen LogP contribution in [0.5, 0.6) is 5.75 Å². The highest BCUT2D eigenvalue weighted by molar-refractivity contribution is 5.79. The predicted molar refractivity (Wildman–Crippen MR) is 89.4 cm³/mol. The van der Waals surface area contributed by atoms with Crippen LogP contribution in [-0.2, 0) is 17.8 Å². The second kappa shape index (κ2) is 7.13.